The first kappa shape index (κ1) is 15.5. The van der Waals surface area contributed by atoms with Gasteiger partial charge in [0.15, 0.2) is 3.77 Å². The largest absolute Gasteiger partial charge is 0.481 e. The molecular formula is C12H10INO4S2. The molecule has 0 aromatic carbocycles. The van der Waals surface area contributed by atoms with Gasteiger partial charge < -0.3 is 9.52 Å². The first-order valence-corrected chi connectivity index (χ1v) is 8.00. The first-order chi connectivity index (χ1) is 9.47. The third-order valence-corrected chi connectivity index (χ3v) is 4.47. The third-order valence-electron chi connectivity index (χ3n) is 2.51. The molecule has 0 spiro atoms. The molecule has 0 bridgehead atoms. The number of amides is 1. The summed E-state index contributed by atoms with van der Waals surface area (Å²) in [4.78, 5) is 24.6. The number of hydrogen-bond donors (Lipinski definition) is 1. The van der Waals surface area contributed by atoms with Crippen LogP contribution in [0.1, 0.15) is 18.6 Å². The molecule has 0 unspecified atom stereocenters. The quantitative estimate of drug-likeness (QED) is 0.446. The molecule has 1 N–H and O–H groups in total. The summed E-state index contributed by atoms with van der Waals surface area (Å²) in [5.74, 6) is -0.478. The first-order valence-electron chi connectivity index (χ1n) is 5.70. The molecule has 1 saturated heterocycles. The van der Waals surface area contributed by atoms with E-state index in [1.54, 1.807) is 18.2 Å². The van der Waals surface area contributed by atoms with E-state index in [1.807, 2.05) is 22.6 Å². The lowest BCUT2D eigenvalue weighted by atomic mass is 10.3. The number of furan rings is 1. The summed E-state index contributed by atoms with van der Waals surface area (Å²) in [6.07, 6.45) is 2.05. The van der Waals surface area contributed by atoms with Crippen molar-refractivity contribution in [2.24, 2.45) is 0 Å². The molecule has 1 aliphatic rings. The van der Waals surface area contributed by atoms with Crippen LogP contribution in [0.25, 0.3) is 6.08 Å². The Morgan fingerprint density at radius 3 is 2.90 bits per heavy atom. The van der Waals surface area contributed by atoms with Crippen molar-refractivity contribution in [3.63, 3.8) is 0 Å². The highest BCUT2D eigenvalue weighted by Crippen LogP contribution is 2.33. The Bertz CT molecular complexity index is 596. The van der Waals surface area contributed by atoms with Crippen molar-refractivity contribution in [2.75, 3.05) is 6.54 Å². The van der Waals surface area contributed by atoms with E-state index in [9.17, 15) is 9.59 Å². The molecule has 1 fully saturated rings. The number of aliphatic carboxylic acids is 1. The van der Waals surface area contributed by atoms with Gasteiger partial charge >= 0.3 is 5.97 Å². The zero-order valence-electron chi connectivity index (χ0n) is 10.2. The molecule has 20 heavy (non-hydrogen) atoms. The molecule has 2 rings (SSSR count). The summed E-state index contributed by atoms with van der Waals surface area (Å²) in [6.45, 7) is 0.323. The summed E-state index contributed by atoms with van der Waals surface area (Å²) in [6, 6.07) is 3.58. The molecule has 0 atom stereocenters. The zero-order chi connectivity index (χ0) is 14.7. The van der Waals surface area contributed by atoms with Crippen LogP contribution in [-0.4, -0.2) is 32.7 Å². The minimum Gasteiger partial charge on any atom is -0.481 e. The van der Waals surface area contributed by atoms with E-state index >= 15 is 0 Å². The molecule has 5 nitrogen and oxygen atoms in total. The van der Waals surface area contributed by atoms with Crippen LogP contribution in [0, 0.1) is 3.77 Å². The Hall–Kier alpha value is -0.870. The average Bonchev–Trinajstić information content (AvgIpc) is 2.88. The van der Waals surface area contributed by atoms with Gasteiger partial charge in [-0.2, -0.15) is 0 Å². The van der Waals surface area contributed by atoms with Crippen molar-refractivity contribution in [1.82, 2.24) is 4.90 Å². The highest BCUT2D eigenvalue weighted by Gasteiger charge is 2.31. The number of thioether (sulfide) groups is 1. The molecule has 106 valence electrons. The van der Waals surface area contributed by atoms with E-state index in [0.717, 1.165) is 3.77 Å². The topological polar surface area (TPSA) is 70.8 Å². The lowest BCUT2D eigenvalue weighted by Gasteiger charge is -2.12. The molecule has 1 aromatic heterocycles. The number of rotatable bonds is 5. The highest BCUT2D eigenvalue weighted by atomic mass is 127. The van der Waals surface area contributed by atoms with Crippen molar-refractivity contribution in [1.29, 1.82) is 0 Å². The van der Waals surface area contributed by atoms with Crippen LogP contribution in [0.15, 0.2) is 21.5 Å². The number of thiocarbonyl (C=S) groups is 1. The van der Waals surface area contributed by atoms with Crippen molar-refractivity contribution < 1.29 is 19.1 Å². The smallest absolute Gasteiger partial charge is 0.303 e. The van der Waals surface area contributed by atoms with Crippen molar-refractivity contribution >= 4 is 68.8 Å². The van der Waals surface area contributed by atoms with Crippen LogP contribution >= 0.6 is 46.6 Å². The zero-order valence-corrected chi connectivity index (χ0v) is 14.0. The fraction of sp³-hybridized carbons (Fsp3) is 0.250. The fourth-order valence-electron chi connectivity index (χ4n) is 1.62. The van der Waals surface area contributed by atoms with Gasteiger partial charge in [0, 0.05) is 19.0 Å². The minimum atomic E-state index is -0.879. The van der Waals surface area contributed by atoms with Crippen LogP contribution in [-0.2, 0) is 9.59 Å². The van der Waals surface area contributed by atoms with E-state index < -0.39 is 5.97 Å². The number of hydrogen-bond acceptors (Lipinski definition) is 5. The molecule has 1 amide bonds. The minimum absolute atomic E-state index is 0.0203. The molecule has 2 heterocycles. The van der Waals surface area contributed by atoms with Gasteiger partial charge in [-0.25, -0.2) is 0 Å². The highest BCUT2D eigenvalue weighted by molar-refractivity contribution is 14.1. The summed E-state index contributed by atoms with van der Waals surface area (Å²) in [5.41, 5.74) is 0. The summed E-state index contributed by atoms with van der Waals surface area (Å²) in [5, 5.41) is 8.60. The van der Waals surface area contributed by atoms with E-state index in [4.69, 9.17) is 21.7 Å². The van der Waals surface area contributed by atoms with Gasteiger partial charge in [0.2, 0.25) is 0 Å². The van der Waals surface area contributed by atoms with E-state index in [-0.39, 0.29) is 12.3 Å². The fourth-order valence-corrected chi connectivity index (χ4v) is 3.34. The maximum Gasteiger partial charge on any atom is 0.303 e. The molecule has 0 aliphatic carbocycles. The van der Waals surface area contributed by atoms with Crippen LogP contribution in [0.5, 0.6) is 0 Å². The van der Waals surface area contributed by atoms with Crippen molar-refractivity contribution in [3.8, 4) is 0 Å². The molecule has 1 aliphatic heterocycles. The maximum absolute atomic E-state index is 12.2. The predicted molar refractivity (Wildman–Crippen MR) is 88.2 cm³/mol. The van der Waals surface area contributed by atoms with Gasteiger partial charge in [0.05, 0.1) is 4.91 Å². The lowest BCUT2D eigenvalue weighted by molar-refractivity contribution is -0.137. The number of carbonyl (C=O) groups excluding carboxylic acids is 1. The Kier molecular flexibility index (Phi) is 5.22. The van der Waals surface area contributed by atoms with E-state index in [2.05, 4.69) is 0 Å². The second kappa shape index (κ2) is 6.72. The average molecular weight is 423 g/mol. The number of halogens is 1. The summed E-state index contributed by atoms with van der Waals surface area (Å²) in [7, 11) is 0. The lowest BCUT2D eigenvalue weighted by Crippen LogP contribution is -2.29. The van der Waals surface area contributed by atoms with Crippen LogP contribution < -0.4 is 0 Å². The van der Waals surface area contributed by atoms with E-state index in [0.29, 0.717) is 28.0 Å². The van der Waals surface area contributed by atoms with Crippen molar-refractivity contribution in [2.45, 2.75) is 12.8 Å². The number of carbonyl (C=O) groups is 2. The van der Waals surface area contributed by atoms with Gasteiger partial charge in [-0.1, -0.05) is 24.0 Å². The molecule has 8 heteroatoms. The Morgan fingerprint density at radius 2 is 2.30 bits per heavy atom. The van der Waals surface area contributed by atoms with Gasteiger partial charge in [-0.3, -0.25) is 14.5 Å². The van der Waals surface area contributed by atoms with Gasteiger partial charge in [-0.15, -0.1) is 0 Å². The van der Waals surface area contributed by atoms with Gasteiger partial charge in [0.1, 0.15) is 10.1 Å². The Balaban J connectivity index is 2.04. The van der Waals surface area contributed by atoms with Crippen molar-refractivity contribution in [3.05, 3.63) is 26.6 Å². The number of carboxylic acids is 1. The van der Waals surface area contributed by atoms with Crippen LogP contribution in [0.3, 0.4) is 0 Å². The van der Waals surface area contributed by atoms with Crippen LogP contribution in [0.2, 0.25) is 0 Å². The molecule has 1 aromatic rings. The standard InChI is InChI=1S/C12H10INO4S2/c13-9-4-3-7(18-9)6-8-11(17)14(12(19)20-8)5-1-2-10(15)16/h3-4,6H,1-2,5H2,(H,15,16)/b8-6+. The summed E-state index contributed by atoms with van der Waals surface area (Å²) >= 11 is 8.39. The van der Waals surface area contributed by atoms with Gasteiger partial charge in [-0.05, 0) is 41.1 Å². The van der Waals surface area contributed by atoms with Gasteiger partial charge in [0.25, 0.3) is 5.91 Å². The normalized spacial score (nSPS) is 17.2. The van der Waals surface area contributed by atoms with Crippen LogP contribution in [0.4, 0.5) is 0 Å². The monoisotopic (exact) mass is 423 g/mol. The second-order valence-electron chi connectivity index (χ2n) is 3.97. The van der Waals surface area contributed by atoms with E-state index in [1.165, 1.54) is 16.7 Å². The second-order valence-corrected chi connectivity index (χ2v) is 6.71. The Morgan fingerprint density at radius 1 is 1.55 bits per heavy atom. The molecular weight excluding hydrogens is 413 g/mol. The summed E-state index contributed by atoms with van der Waals surface area (Å²) < 4.78 is 6.58. The Labute approximate surface area is 138 Å². The molecule has 0 radical (unpaired) electrons. The molecule has 0 saturated carbocycles. The SMILES string of the molecule is O=C(O)CCCN1C(=O)/C(=C\c2ccc(I)o2)SC1=S. The predicted octanol–water partition coefficient (Wildman–Crippen LogP) is 2.95. The third kappa shape index (κ3) is 3.83. The maximum atomic E-state index is 12.2. The number of carboxylic acid groups (broad SMARTS) is 1. The number of nitrogens with zero attached hydrogens (tertiary/aromatic N) is 1.